The summed E-state index contributed by atoms with van der Waals surface area (Å²) in [7, 11) is -3.44. The summed E-state index contributed by atoms with van der Waals surface area (Å²) in [5, 5.41) is 12.0. The molecule has 0 spiro atoms. The van der Waals surface area contributed by atoms with Crippen molar-refractivity contribution in [2.75, 3.05) is 9.80 Å². The van der Waals surface area contributed by atoms with Gasteiger partial charge in [0.05, 0.1) is 38.6 Å². The van der Waals surface area contributed by atoms with Crippen LogP contribution in [0.25, 0.3) is 82.1 Å². The highest BCUT2D eigenvalue weighted by atomic mass is 28.3. The molecule has 0 N–H and O–H groups in total. The van der Waals surface area contributed by atoms with Crippen LogP contribution in [-0.4, -0.2) is 20.7 Å². The minimum Gasteiger partial charge on any atom is -0.454 e. The Balaban J connectivity index is 1.03. The Kier molecular flexibility index (Phi) is 10.3. The second-order valence-electron chi connectivity index (χ2n) is 22.0. The Labute approximate surface area is 428 Å². The van der Waals surface area contributed by atoms with E-state index >= 15 is 0 Å². The number of benzene rings is 10. The zero-order valence-electron chi connectivity index (χ0n) is 42.7. The quantitative estimate of drug-likeness (QED) is 0.135. The van der Waals surface area contributed by atoms with E-state index in [9.17, 15) is 0 Å². The molecule has 0 aliphatic rings. The zero-order valence-corrected chi connectivity index (χ0v) is 44.7. The van der Waals surface area contributed by atoms with Crippen LogP contribution in [0, 0.1) is 13.8 Å². The van der Waals surface area contributed by atoms with Crippen molar-refractivity contribution in [1.82, 2.24) is 4.57 Å². The first-order valence-electron chi connectivity index (χ1n) is 25.5. The lowest BCUT2D eigenvalue weighted by atomic mass is 10.0. The summed E-state index contributed by atoms with van der Waals surface area (Å²) < 4.78 is 16.6. The molecule has 7 heteroatoms. The van der Waals surface area contributed by atoms with Crippen molar-refractivity contribution in [3.8, 4) is 5.69 Å². The number of fused-ring (bicyclic) bond motifs is 10. The van der Waals surface area contributed by atoms with Gasteiger partial charge < -0.3 is 23.2 Å². The van der Waals surface area contributed by atoms with Crippen molar-refractivity contribution >= 4 is 137 Å². The van der Waals surface area contributed by atoms with E-state index in [1.807, 2.05) is 0 Å². The highest BCUT2D eigenvalue weighted by molar-refractivity contribution is 6.90. The average Bonchev–Trinajstić information content (AvgIpc) is 4.06. The van der Waals surface area contributed by atoms with Crippen molar-refractivity contribution in [2.45, 2.75) is 53.1 Å². The van der Waals surface area contributed by atoms with Crippen LogP contribution in [0.15, 0.2) is 209 Å². The topological polar surface area (TPSA) is 37.7 Å². The Hall–Kier alpha value is -8.11. The van der Waals surface area contributed by atoms with Crippen molar-refractivity contribution in [1.29, 1.82) is 0 Å². The highest BCUT2D eigenvalue weighted by Gasteiger charge is 2.28. The average molecular weight is 980 g/mol. The molecule has 0 amide bonds. The largest absolute Gasteiger partial charge is 0.454 e. The summed E-state index contributed by atoms with van der Waals surface area (Å²) in [6, 6.07) is 73.6. The molecule has 0 unspecified atom stereocenters. The number of hydrogen-bond acceptors (Lipinski definition) is 4. The molecule has 0 radical (unpaired) electrons. The molecule has 356 valence electrons. The van der Waals surface area contributed by atoms with E-state index in [1.54, 1.807) is 0 Å². The molecule has 0 aliphatic carbocycles. The van der Waals surface area contributed by atoms with Crippen LogP contribution in [0.1, 0.15) is 11.1 Å². The molecule has 5 nitrogen and oxygen atoms in total. The minimum absolute atomic E-state index is 0.892. The molecule has 3 aromatic heterocycles. The SMILES string of the molecule is Cc1cccc(N(c2ccc3cc4c5ccc(N(c6cccc(C)c6)c6cccc7c6oc6c([Si](C)(C)C)cccc67)cc5n(-c5ccccc5)c4cc3c2)c2cccc3c2oc2c([Si](C)(C)C)cccc23)c1. The molecule has 3 heterocycles. The van der Waals surface area contributed by atoms with Crippen molar-refractivity contribution in [2.24, 2.45) is 0 Å². The molecular weight excluding hydrogens is 923 g/mol. The standard InChI is InChI=1S/C66H57N3O2Si2/c1-42-18-12-22-47(36-42)67(57-28-14-24-52-54-26-16-30-61(72(3,4)5)65(54)70-63(52)57)49-33-32-44-39-56-51-35-34-50(41-60(51)69(46-20-10-9-11-21-46)59(56)40-45(44)38-49)68(48-23-13-19-43(2)37-48)58-29-15-25-53-55-27-17-31-62(73(6,7)8)66(55)71-64(53)58/h9-41H,1-8H3. The number of aromatic nitrogens is 1. The molecule has 73 heavy (non-hydrogen) atoms. The van der Waals surface area contributed by atoms with Gasteiger partial charge >= 0.3 is 0 Å². The third kappa shape index (κ3) is 7.40. The first kappa shape index (κ1) is 44.8. The van der Waals surface area contributed by atoms with Gasteiger partial charge in [-0.3, -0.25) is 0 Å². The predicted octanol–water partition coefficient (Wildman–Crippen LogP) is 18.4. The molecule has 0 saturated heterocycles. The third-order valence-electron chi connectivity index (χ3n) is 14.8. The van der Waals surface area contributed by atoms with Crippen LogP contribution in [0.4, 0.5) is 34.1 Å². The van der Waals surface area contributed by atoms with Crippen molar-refractivity contribution < 1.29 is 8.83 Å². The molecule has 0 fully saturated rings. The maximum atomic E-state index is 7.09. The number of anilines is 6. The molecular formula is C66H57N3O2Si2. The van der Waals surface area contributed by atoms with Gasteiger partial charge in [-0.2, -0.15) is 0 Å². The summed E-state index contributed by atoms with van der Waals surface area (Å²) in [4.78, 5) is 4.76. The summed E-state index contributed by atoms with van der Waals surface area (Å²) in [5.41, 5.74) is 15.9. The lowest BCUT2D eigenvalue weighted by Gasteiger charge is -2.26. The fourth-order valence-electron chi connectivity index (χ4n) is 11.4. The first-order valence-corrected chi connectivity index (χ1v) is 32.5. The molecule has 0 aliphatic heterocycles. The van der Waals surface area contributed by atoms with Gasteiger partial charge in [0.1, 0.15) is 11.2 Å². The zero-order chi connectivity index (χ0) is 49.9. The van der Waals surface area contributed by atoms with Crippen molar-refractivity contribution in [3.63, 3.8) is 0 Å². The Morgan fingerprint density at radius 2 is 0.808 bits per heavy atom. The van der Waals surface area contributed by atoms with Gasteiger partial charge in [0.25, 0.3) is 0 Å². The predicted molar refractivity (Wildman–Crippen MR) is 318 cm³/mol. The number of para-hydroxylation sites is 5. The second kappa shape index (κ2) is 16.7. The van der Waals surface area contributed by atoms with Gasteiger partial charge in [0.15, 0.2) is 11.2 Å². The lowest BCUT2D eigenvalue weighted by molar-refractivity contribution is 0.671. The number of nitrogens with zero attached hydrogens (tertiary/aromatic N) is 3. The van der Waals surface area contributed by atoms with Gasteiger partial charge in [-0.1, -0.05) is 155 Å². The van der Waals surface area contributed by atoms with Gasteiger partial charge in [-0.05, 0) is 131 Å². The van der Waals surface area contributed by atoms with E-state index in [-0.39, 0.29) is 0 Å². The molecule has 0 bridgehead atoms. The Morgan fingerprint density at radius 1 is 0.342 bits per heavy atom. The number of rotatable bonds is 9. The molecule has 0 saturated carbocycles. The van der Waals surface area contributed by atoms with Crippen LogP contribution in [0.5, 0.6) is 0 Å². The van der Waals surface area contributed by atoms with Crippen LogP contribution in [-0.2, 0) is 0 Å². The Bertz CT molecular complexity index is 4340. The second-order valence-corrected chi connectivity index (χ2v) is 32.1. The molecule has 0 atom stereocenters. The molecule has 13 aromatic rings. The van der Waals surface area contributed by atoms with E-state index in [1.165, 1.54) is 48.4 Å². The van der Waals surface area contributed by atoms with Gasteiger partial charge in [0.2, 0.25) is 0 Å². The van der Waals surface area contributed by atoms with Gasteiger partial charge in [0, 0.05) is 60.8 Å². The van der Waals surface area contributed by atoms with E-state index in [4.69, 9.17) is 8.83 Å². The molecule has 10 aromatic carbocycles. The molecule has 13 rings (SSSR count). The highest BCUT2D eigenvalue weighted by Crippen LogP contribution is 2.47. The smallest absolute Gasteiger partial charge is 0.159 e. The van der Waals surface area contributed by atoms with Crippen molar-refractivity contribution in [3.05, 3.63) is 211 Å². The van der Waals surface area contributed by atoms with E-state index < -0.39 is 16.1 Å². The Morgan fingerprint density at radius 3 is 1.34 bits per heavy atom. The van der Waals surface area contributed by atoms with Crippen LogP contribution < -0.4 is 20.2 Å². The fourth-order valence-corrected chi connectivity index (χ4v) is 14.3. The van der Waals surface area contributed by atoms with E-state index in [0.717, 1.165) is 89.3 Å². The van der Waals surface area contributed by atoms with Crippen LogP contribution >= 0.6 is 0 Å². The summed E-state index contributed by atoms with van der Waals surface area (Å²) >= 11 is 0. The number of aryl methyl sites for hydroxylation is 2. The van der Waals surface area contributed by atoms with Crippen LogP contribution in [0.3, 0.4) is 0 Å². The first-order chi connectivity index (χ1) is 35.3. The maximum Gasteiger partial charge on any atom is 0.159 e. The third-order valence-corrected chi connectivity index (χ3v) is 18.9. The maximum absolute atomic E-state index is 7.09. The van der Waals surface area contributed by atoms with E-state index in [0.29, 0.717) is 0 Å². The van der Waals surface area contributed by atoms with Gasteiger partial charge in [-0.25, -0.2) is 0 Å². The fraction of sp³-hybridized carbons (Fsp3) is 0.121. The summed E-state index contributed by atoms with van der Waals surface area (Å²) in [6.45, 7) is 18.7. The van der Waals surface area contributed by atoms with Crippen LogP contribution in [0.2, 0.25) is 39.3 Å². The number of furan rings is 2. The minimum atomic E-state index is -1.73. The van der Waals surface area contributed by atoms with Gasteiger partial charge in [-0.15, -0.1) is 0 Å². The number of hydrogen-bond donors (Lipinski definition) is 0. The summed E-state index contributed by atoms with van der Waals surface area (Å²) in [6.07, 6.45) is 0. The van der Waals surface area contributed by atoms with E-state index in [2.05, 4.69) is 268 Å². The monoisotopic (exact) mass is 979 g/mol. The summed E-state index contributed by atoms with van der Waals surface area (Å²) in [5.74, 6) is 0. The normalized spacial score (nSPS) is 12.4. The lowest BCUT2D eigenvalue weighted by Crippen LogP contribution is -2.37.